The molecular weight excluding hydrogens is 138 g/mol. The summed E-state index contributed by atoms with van der Waals surface area (Å²) in [6.07, 6.45) is 0. The maximum Gasteiger partial charge on any atom is 0.125 e. The Morgan fingerprint density at radius 2 is 2.27 bits per heavy atom. The third-order valence-corrected chi connectivity index (χ3v) is 1.64. The molecule has 0 aliphatic heterocycles. The van der Waals surface area contributed by atoms with Gasteiger partial charge in [-0.25, -0.2) is 4.52 Å². The third kappa shape index (κ3) is 0.852. The van der Waals surface area contributed by atoms with Gasteiger partial charge >= 0.3 is 0 Å². The molecule has 2 rings (SSSR count). The maximum atomic E-state index is 5.67. The van der Waals surface area contributed by atoms with Gasteiger partial charge in [-0.3, -0.25) is 0 Å². The molecule has 3 nitrogen and oxygen atoms in total. The van der Waals surface area contributed by atoms with Gasteiger partial charge in [0.15, 0.2) is 0 Å². The molecule has 0 saturated carbocycles. The number of anilines is 1. The lowest BCUT2D eigenvalue weighted by molar-refractivity contribution is 0.945. The van der Waals surface area contributed by atoms with Crippen molar-refractivity contribution in [1.82, 2.24) is 9.61 Å². The Morgan fingerprint density at radius 3 is 3.00 bits per heavy atom. The first-order valence-electron chi connectivity index (χ1n) is 3.48. The van der Waals surface area contributed by atoms with E-state index in [1.165, 1.54) is 0 Å². The minimum atomic E-state index is 0.676. The van der Waals surface area contributed by atoms with Gasteiger partial charge in [-0.15, -0.1) is 0 Å². The van der Waals surface area contributed by atoms with Gasteiger partial charge in [-0.1, -0.05) is 6.07 Å². The van der Waals surface area contributed by atoms with Crippen LogP contribution in [0.4, 0.5) is 5.82 Å². The molecule has 2 aromatic rings. The summed E-state index contributed by atoms with van der Waals surface area (Å²) < 4.78 is 1.73. The fourth-order valence-corrected chi connectivity index (χ4v) is 1.16. The van der Waals surface area contributed by atoms with Crippen molar-refractivity contribution in [1.29, 1.82) is 0 Å². The number of nitrogen functional groups attached to an aromatic ring is 1. The molecule has 0 radical (unpaired) electrons. The molecule has 0 unspecified atom stereocenters. The number of nitrogens with zero attached hydrogens (tertiary/aromatic N) is 2. The molecular formula is C8H9N3. The van der Waals surface area contributed by atoms with Crippen LogP contribution in [-0.4, -0.2) is 9.61 Å². The number of aryl methyl sites for hydroxylation is 1. The molecule has 2 aromatic heterocycles. The van der Waals surface area contributed by atoms with Crippen molar-refractivity contribution in [3.05, 3.63) is 30.0 Å². The largest absolute Gasteiger partial charge is 0.384 e. The van der Waals surface area contributed by atoms with Crippen molar-refractivity contribution in [2.45, 2.75) is 6.92 Å². The highest BCUT2D eigenvalue weighted by molar-refractivity contribution is 5.52. The Labute approximate surface area is 64.4 Å². The molecule has 0 spiro atoms. The molecule has 0 amide bonds. The lowest BCUT2D eigenvalue weighted by Crippen LogP contribution is -1.96. The average Bonchev–Trinajstić information content (AvgIpc) is 2.31. The monoisotopic (exact) mass is 147 g/mol. The van der Waals surface area contributed by atoms with Crippen molar-refractivity contribution in [3.63, 3.8) is 0 Å². The van der Waals surface area contributed by atoms with Crippen LogP contribution in [-0.2, 0) is 0 Å². The summed E-state index contributed by atoms with van der Waals surface area (Å²) in [5.74, 6) is 0.676. The number of hydrogen-bond acceptors (Lipinski definition) is 2. The SMILES string of the molecule is Cc1cc2cccc(N)n2n1. The minimum Gasteiger partial charge on any atom is -0.384 e. The zero-order chi connectivity index (χ0) is 7.84. The molecule has 0 fully saturated rings. The van der Waals surface area contributed by atoms with Crippen molar-refractivity contribution in [3.8, 4) is 0 Å². The lowest BCUT2D eigenvalue weighted by Gasteiger charge is -1.95. The predicted octanol–water partition coefficient (Wildman–Crippen LogP) is 1.22. The average molecular weight is 147 g/mol. The molecule has 11 heavy (non-hydrogen) atoms. The molecule has 56 valence electrons. The number of hydrogen-bond donors (Lipinski definition) is 1. The van der Waals surface area contributed by atoms with Crippen LogP contribution < -0.4 is 5.73 Å². The summed E-state index contributed by atoms with van der Waals surface area (Å²) in [5, 5.41) is 4.20. The van der Waals surface area contributed by atoms with Gasteiger partial charge in [-0.05, 0) is 25.1 Å². The van der Waals surface area contributed by atoms with Gasteiger partial charge in [-0.2, -0.15) is 5.10 Å². The number of pyridine rings is 1. The Morgan fingerprint density at radius 1 is 1.45 bits per heavy atom. The topological polar surface area (TPSA) is 43.3 Å². The van der Waals surface area contributed by atoms with Crippen molar-refractivity contribution in [2.24, 2.45) is 0 Å². The standard InChI is InChI=1S/C8H9N3/c1-6-5-7-3-2-4-8(9)11(7)10-6/h2-5H,9H2,1H3. The van der Waals surface area contributed by atoms with E-state index in [-0.39, 0.29) is 0 Å². The molecule has 0 saturated heterocycles. The van der Waals surface area contributed by atoms with E-state index in [2.05, 4.69) is 5.10 Å². The smallest absolute Gasteiger partial charge is 0.125 e. The van der Waals surface area contributed by atoms with Crippen LogP contribution in [0, 0.1) is 6.92 Å². The Bertz CT molecular complexity index is 389. The summed E-state index contributed by atoms with van der Waals surface area (Å²) in [7, 11) is 0. The van der Waals surface area contributed by atoms with Crippen LogP contribution in [0.1, 0.15) is 5.69 Å². The Balaban J connectivity index is 2.90. The van der Waals surface area contributed by atoms with E-state index in [0.717, 1.165) is 11.2 Å². The van der Waals surface area contributed by atoms with Gasteiger partial charge in [0.25, 0.3) is 0 Å². The highest BCUT2D eigenvalue weighted by atomic mass is 15.3. The summed E-state index contributed by atoms with van der Waals surface area (Å²) in [6, 6.07) is 7.73. The molecule has 0 aromatic carbocycles. The molecule has 0 bridgehead atoms. The molecule has 0 aliphatic rings. The highest BCUT2D eigenvalue weighted by Crippen LogP contribution is 2.09. The van der Waals surface area contributed by atoms with Crippen LogP contribution in [0.15, 0.2) is 24.3 Å². The van der Waals surface area contributed by atoms with E-state index in [9.17, 15) is 0 Å². The first-order chi connectivity index (χ1) is 5.27. The van der Waals surface area contributed by atoms with Crippen molar-refractivity contribution in [2.75, 3.05) is 5.73 Å². The molecule has 0 atom stereocenters. The second-order valence-corrected chi connectivity index (χ2v) is 2.57. The summed E-state index contributed by atoms with van der Waals surface area (Å²) in [5.41, 5.74) is 7.70. The first-order valence-corrected chi connectivity index (χ1v) is 3.48. The fraction of sp³-hybridized carbons (Fsp3) is 0.125. The summed E-state index contributed by atoms with van der Waals surface area (Å²) in [4.78, 5) is 0. The second-order valence-electron chi connectivity index (χ2n) is 2.57. The molecule has 3 heteroatoms. The van der Waals surface area contributed by atoms with Crippen LogP contribution in [0.3, 0.4) is 0 Å². The zero-order valence-corrected chi connectivity index (χ0v) is 6.28. The number of aromatic nitrogens is 2. The quantitative estimate of drug-likeness (QED) is 0.609. The van der Waals surface area contributed by atoms with Gasteiger partial charge in [0.05, 0.1) is 11.2 Å². The Hall–Kier alpha value is -1.51. The summed E-state index contributed by atoms with van der Waals surface area (Å²) >= 11 is 0. The van der Waals surface area contributed by atoms with Crippen molar-refractivity contribution < 1.29 is 0 Å². The van der Waals surface area contributed by atoms with E-state index in [4.69, 9.17) is 5.73 Å². The third-order valence-electron chi connectivity index (χ3n) is 1.64. The number of fused-ring (bicyclic) bond motifs is 1. The van der Waals surface area contributed by atoms with E-state index in [1.807, 2.05) is 31.2 Å². The predicted molar refractivity (Wildman–Crippen MR) is 44.3 cm³/mol. The molecule has 2 N–H and O–H groups in total. The minimum absolute atomic E-state index is 0.676. The first kappa shape index (κ1) is 6.22. The van der Waals surface area contributed by atoms with E-state index >= 15 is 0 Å². The Kier molecular flexibility index (Phi) is 1.12. The van der Waals surface area contributed by atoms with Crippen LogP contribution >= 0.6 is 0 Å². The van der Waals surface area contributed by atoms with Gasteiger partial charge in [0.1, 0.15) is 5.82 Å². The lowest BCUT2D eigenvalue weighted by atomic mass is 10.4. The van der Waals surface area contributed by atoms with Crippen molar-refractivity contribution >= 4 is 11.3 Å². The molecule has 2 heterocycles. The van der Waals surface area contributed by atoms with Crippen LogP contribution in [0.2, 0.25) is 0 Å². The maximum absolute atomic E-state index is 5.67. The zero-order valence-electron chi connectivity index (χ0n) is 6.28. The fourth-order valence-electron chi connectivity index (χ4n) is 1.16. The van der Waals surface area contributed by atoms with E-state index in [0.29, 0.717) is 5.82 Å². The van der Waals surface area contributed by atoms with E-state index < -0.39 is 0 Å². The van der Waals surface area contributed by atoms with Gasteiger partial charge < -0.3 is 5.73 Å². The van der Waals surface area contributed by atoms with E-state index in [1.54, 1.807) is 4.52 Å². The number of nitrogens with two attached hydrogens (primary N) is 1. The van der Waals surface area contributed by atoms with Crippen LogP contribution in [0.25, 0.3) is 5.52 Å². The molecule has 0 aliphatic carbocycles. The van der Waals surface area contributed by atoms with Gasteiger partial charge in [0, 0.05) is 0 Å². The second kappa shape index (κ2) is 1.99. The highest BCUT2D eigenvalue weighted by Gasteiger charge is 1.97. The normalized spacial score (nSPS) is 10.6. The van der Waals surface area contributed by atoms with Gasteiger partial charge in [0.2, 0.25) is 0 Å². The summed E-state index contributed by atoms with van der Waals surface area (Å²) in [6.45, 7) is 1.95. The number of rotatable bonds is 0. The van der Waals surface area contributed by atoms with Crippen LogP contribution in [0.5, 0.6) is 0 Å².